The zero-order valence-electron chi connectivity index (χ0n) is 16.8. The molecule has 2 aromatic carbocycles. The van der Waals surface area contributed by atoms with E-state index < -0.39 is 4.92 Å². The van der Waals surface area contributed by atoms with Gasteiger partial charge in [-0.3, -0.25) is 19.7 Å². The van der Waals surface area contributed by atoms with Gasteiger partial charge < -0.3 is 19.7 Å². The normalized spacial score (nSPS) is 14.1. The molecule has 9 heteroatoms. The van der Waals surface area contributed by atoms with Gasteiger partial charge >= 0.3 is 0 Å². The van der Waals surface area contributed by atoms with E-state index >= 15 is 0 Å². The number of hydrogen-bond acceptors (Lipinski definition) is 6. The molecule has 1 aliphatic rings. The summed E-state index contributed by atoms with van der Waals surface area (Å²) in [5, 5.41) is 13.6. The van der Waals surface area contributed by atoms with Crippen LogP contribution in [0.15, 0.2) is 42.5 Å². The third-order valence-electron chi connectivity index (χ3n) is 5.14. The summed E-state index contributed by atoms with van der Waals surface area (Å²) in [6.07, 6.45) is 1.05. The van der Waals surface area contributed by atoms with Crippen LogP contribution in [0, 0.1) is 16.0 Å². The van der Waals surface area contributed by atoms with Crippen LogP contribution in [0.5, 0.6) is 11.5 Å². The van der Waals surface area contributed by atoms with Crippen LogP contribution in [-0.2, 0) is 4.79 Å². The highest BCUT2D eigenvalue weighted by Crippen LogP contribution is 2.30. The van der Waals surface area contributed by atoms with Gasteiger partial charge in [-0.25, -0.2) is 0 Å². The molecule has 1 N–H and O–H groups in total. The van der Waals surface area contributed by atoms with Crippen molar-refractivity contribution >= 4 is 23.2 Å². The molecule has 0 aromatic heterocycles. The van der Waals surface area contributed by atoms with E-state index in [2.05, 4.69) is 5.32 Å². The summed E-state index contributed by atoms with van der Waals surface area (Å²) in [6.45, 7) is 0.867. The summed E-state index contributed by atoms with van der Waals surface area (Å²) in [4.78, 5) is 37.2. The summed E-state index contributed by atoms with van der Waals surface area (Å²) >= 11 is 0. The Labute approximate surface area is 173 Å². The van der Waals surface area contributed by atoms with Crippen LogP contribution in [-0.4, -0.2) is 48.9 Å². The summed E-state index contributed by atoms with van der Waals surface area (Å²) < 4.78 is 10.5. The molecule has 1 heterocycles. The maximum atomic E-state index is 12.7. The molecule has 0 atom stereocenters. The fraction of sp³-hybridized carbons (Fsp3) is 0.333. The first-order valence-electron chi connectivity index (χ1n) is 9.49. The van der Waals surface area contributed by atoms with Crippen molar-refractivity contribution in [3.8, 4) is 11.5 Å². The number of nitrogens with one attached hydrogen (secondary N) is 1. The molecule has 2 aromatic rings. The van der Waals surface area contributed by atoms with Crippen LogP contribution in [0.25, 0.3) is 0 Å². The zero-order valence-corrected chi connectivity index (χ0v) is 16.8. The molecule has 0 spiro atoms. The number of likely N-dealkylation sites (tertiary alicyclic amines) is 1. The molecule has 0 aliphatic carbocycles. The Morgan fingerprint density at radius 2 is 1.73 bits per heavy atom. The second kappa shape index (κ2) is 9.25. The highest BCUT2D eigenvalue weighted by Gasteiger charge is 2.28. The van der Waals surface area contributed by atoms with Crippen molar-refractivity contribution in [3.05, 3.63) is 58.1 Å². The smallest absolute Gasteiger partial charge is 0.269 e. The van der Waals surface area contributed by atoms with Gasteiger partial charge in [-0.05, 0) is 37.1 Å². The number of non-ortho nitro benzene ring substituents is 1. The third-order valence-corrected chi connectivity index (χ3v) is 5.14. The first-order valence-corrected chi connectivity index (χ1v) is 9.49. The molecule has 158 valence electrons. The number of benzene rings is 2. The second-order valence-corrected chi connectivity index (χ2v) is 6.93. The predicted octanol–water partition coefficient (Wildman–Crippen LogP) is 3.10. The minimum absolute atomic E-state index is 0.0603. The number of piperidine rings is 1. The summed E-state index contributed by atoms with van der Waals surface area (Å²) in [5.41, 5.74) is 0.866. The Morgan fingerprint density at radius 3 is 2.30 bits per heavy atom. The van der Waals surface area contributed by atoms with Crippen molar-refractivity contribution < 1.29 is 24.0 Å². The van der Waals surface area contributed by atoms with Crippen molar-refractivity contribution in [2.45, 2.75) is 12.8 Å². The van der Waals surface area contributed by atoms with Gasteiger partial charge in [-0.2, -0.15) is 0 Å². The number of nitro groups is 1. The summed E-state index contributed by atoms with van der Waals surface area (Å²) in [5.74, 6) is 0.577. The maximum absolute atomic E-state index is 12.7. The van der Waals surface area contributed by atoms with E-state index in [1.54, 1.807) is 30.2 Å². The molecule has 0 bridgehead atoms. The van der Waals surface area contributed by atoms with Gasteiger partial charge in [-0.15, -0.1) is 0 Å². The third kappa shape index (κ3) is 4.68. The lowest BCUT2D eigenvalue weighted by atomic mass is 9.95. The van der Waals surface area contributed by atoms with E-state index in [9.17, 15) is 19.7 Å². The zero-order chi connectivity index (χ0) is 21.7. The van der Waals surface area contributed by atoms with Crippen molar-refractivity contribution in [2.75, 3.05) is 32.6 Å². The number of carbonyl (C=O) groups is 2. The Morgan fingerprint density at radius 1 is 1.07 bits per heavy atom. The molecule has 0 radical (unpaired) electrons. The Bertz CT molecular complexity index is 936. The van der Waals surface area contributed by atoms with Gasteiger partial charge in [0.25, 0.3) is 11.6 Å². The number of carbonyl (C=O) groups excluding carboxylic acids is 2. The lowest BCUT2D eigenvalue weighted by Crippen LogP contribution is -2.41. The van der Waals surface area contributed by atoms with E-state index in [0.29, 0.717) is 48.7 Å². The molecule has 3 rings (SSSR count). The lowest BCUT2D eigenvalue weighted by molar-refractivity contribution is -0.384. The number of hydrogen-bond donors (Lipinski definition) is 1. The van der Waals surface area contributed by atoms with Crippen LogP contribution in [0.2, 0.25) is 0 Å². The Balaban J connectivity index is 1.59. The van der Waals surface area contributed by atoms with Crippen LogP contribution in [0.4, 0.5) is 11.4 Å². The van der Waals surface area contributed by atoms with E-state index in [0.717, 1.165) is 0 Å². The maximum Gasteiger partial charge on any atom is 0.269 e. The minimum Gasteiger partial charge on any atom is -0.497 e. The first-order chi connectivity index (χ1) is 14.4. The molecule has 30 heavy (non-hydrogen) atoms. The predicted molar refractivity (Wildman–Crippen MR) is 110 cm³/mol. The van der Waals surface area contributed by atoms with Gasteiger partial charge in [0.15, 0.2) is 0 Å². The van der Waals surface area contributed by atoms with Crippen LogP contribution >= 0.6 is 0 Å². The number of ether oxygens (including phenoxy) is 2. The molecule has 9 nitrogen and oxygen atoms in total. The molecule has 1 fully saturated rings. The number of nitrogens with zero attached hydrogens (tertiary/aromatic N) is 2. The van der Waals surface area contributed by atoms with Crippen LogP contribution in [0.3, 0.4) is 0 Å². The van der Waals surface area contributed by atoms with Crippen LogP contribution < -0.4 is 14.8 Å². The van der Waals surface area contributed by atoms with Gasteiger partial charge in [0.05, 0.1) is 24.8 Å². The average molecular weight is 413 g/mol. The minimum atomic E-state index is -0.504. The standard InChI is InChI=1S/C21H23N3O6/c1-29-17-7-8-19(30-2)18(13-17)22-20(25)14-9-11-23(12-10-14)21(26)15-3-5-16(6-4-15)24(27)28/h3-8,13-14H,9-12H2,1-2H3,(H,22,25). The fourth-order valence-electron chi connectivity index (χ4n) is 3.40. The van der Waals surface area contributed by atoms with Crippen LogP contribution in [0.1, 0.15) is 23.2 Å². The van der Waals surface area contributed by atoms with Crippen molar-refractivity contribution in [2.24, 2.45) is 5.92 Å². The van der Waals surface area contributed by atoms with E-state index in [1.807, 2.05) is 0 Å². The molecule has 2 amide bonds. The first kappa shape index (κ1) is 21.1. The quantitative estimate of drug-likeness (QED) is 0.575. The van der Waals surface area contributed by atoms with E-state index in [1.165, 1.54) is 31.4 Å². The molecule has 1 aliphatic heterocycles. The second-order valence-electron chi connectivity index (χ2n) is 6.93. The average Bonchev–Trinajstić information content (AvgIpc) is 2.78. The van der Waals surface area contributed by atoms with Crippen molar-refractivity contribution in [1.82, 2.24) is 4.90 Å². The number of nitro benzene ring substituents is 1. The summed E-state index contributed by atoms with van der Waals surface area (Å²) in [6, 6.07) is 10.7. The SMILES string of the molecule is COc1ccc(OC)c(NC(=O)C2CCN(C(=O)c3ccc([N+](=O)[O-])cc3)CC2)c1. The molecular weight excluding hydrogens is 390 g/mol. The molecule has 1 saturated heterocycles. The largest absolute Gasteiger partial charge is 0.497 e. The van der Waals surface area contributed by atoms with Crippen molar-refractivity contribution in [1.29, 1.82) is 0 Å². The van der Waals surface area contributed by atoms with E-state index in [4.69, 9.17) is 9.47 Å². The fourth-order valence-corrected chi connectivity index (χ4v) is 3.40. The topological polar surface area (TPSA) is 111 Å². The number of amides is 2. The van der Waals surface area contributed by atoms with Gasteiger partial charge in [0.2, 0.25) is 5.91 Å². The summed E-state index contributed by atoms with van der Waals surface area (Å²) in [7, 11) is 3.07. The monoisotopic (exact) mass is 413 g/mol. The van der Waals surface area contributed by atoms with Crippen molar-refractivity contribution in [3.63, 3.8) is 0 Å². The highest BCUT2D eigenvalue weighted by atomic mass is 16.6. The Kier molecular flexibility index (Phi) is 6.51. The number of anilines is 1. The highest BCUT2D eigenvalue weighted by molar-refractivity contribution is 5.96. The molecular formula is C21H23N3O6. The van der Waals surface area contributed by atoms with Gasteiger partial charge in [0.1, 0.15) is 11.5 Å². The lowest BCUT2D eigenvalue weighted by Gasteiger charge is -2.31. The molecule has 0 unspecified atom stereocenters. The van der Waals surface area contributed by atoms with Gasteiger partial charge in [-0.1, -0.05) is 0 Å². The van der Waals surface area contributed by atoms with E-state index in [-0.39, 0.29) is 23.4 Å². The van der Waals surface area contributed by atoms with Gasteiger partial charge in [0, 0.05) is 42.8 Å². The number of rotatable bonds is 6. The molecule has 0 saturated carbocycles. The number of methoxy groups -OCH3 is 2. The Hall–Kier alpha value is -3.62.